The highest BCUT2D eigenvalue weighted by Gasteiger charge is 2.31. The van der Waals surface area contributed by atoms with Gasteiger partial charge in [-0.15, -0.1) is 0 Å². The Morgan fingerprint density at radius 2 is 1.90 bits per heavy atom. The van der Waals surface area contributed by atoms with Gasteiger partial charge < -0.3 is 10.3 Å². The first-order valence-electron chi connectivity index (χ1n) is 8.24. The van der Waals surface area contributed by atoms with Crippen LogP contribution >= 0.6 is 0 Å². The Kier molecular flexibility index (Phi) is 4.77. The van der Waals surface area contributed by atoms with Gasteiger partial charge in [-0.1, -0.05) is 34.1 Å². The van der Waals surface area contributed by atoms with Crippen molar-refractivity contribution in [2.45, 2.75) is 78.7 Å². The summed E-state index contributed by atoms with van der Waals surface area (Å²) < 4.78 is 2.13. The number of unbranched alkanes of at least 4 members (excludes halogenated alkanes) is 1. The molecule has 3 heteroatoms. The minimum absolute atomic E-state index is 0.441. The maximum absolute atomic E-state index is 6.30. The molecule has 0 aliphatic heterocycles. The van der Waals surface area contributed by atoms with Crippen molar-refractivity contribution in [3.8, 4) is 0 Å². The molecular formula is C17H31N3. The predicted molar refractivity (Wildman–Crippen MR) is 85.7 cm³/mol. The Morgan fingerprint density at radius 1 is 1.25 bits per heavy atom. The van der Waals surface area contributed by atoms with Crippen LogP contribution in [0.2, 0.25) is 0 Å². The summed E-state index contributed by atoms with van der Waals surface area (Å²) in [4.78, 5) is 4.62. The molecular weight excluding hydrogens is 246 g/mol. The molecule has 1 aliphatic carbocycles. The van der Waals surface area contributed by atoms with Gasteiger partial charge in [-0.2, -0.15) is 0 Å². The van der Waals surface area contributed by atoms with Gasteiger partial charge in [-0.3, -0.25) is 0 Å². The number of anilines is 1. The van der Waals surface area contributed by atoms with E-state index in [4.69, 9.17) is 5.73 Å². The minimum atomic E-state index is 0.441. The molecule has 20 heavy (non-hydrogen) atoms. The molecule has 0 spiro atoms. The third-order valence-corrected chi connectivity index (χ3v) is 5.00. The lowest BCUT2D eigenvalue weighted by atomic mass is 9.69. The lowest BCUT2D eigenvalue weighted by Crippen LogP contribution is -2.25. The molecule has 114 valence electrons. The average molecular weight is 277 g/mol. The topological polar surface area (TPSA) is 43.8 Å². The highest BCUT2D eigenvalue weighted by atomic mass is 15.1. The molecule has 1 aromatic heterocycles. The number of nitrogen functional groups attached to an aromatic ring is 1. The maximum atomic E-state index is 6.30. The Balaban J connectivity index is 1.99. The molecule has 0 amide bonds. The van der Waals surface area contributed by atoms with Crippen molar-refractivity contribution in [1.82, 2.24) is 9.55 Å². The third-order valence-electron chi connectivity index (χ3n) is 5.00. The summed E-state index contributed by atoms with van der Waals surface area (Å²) in [7, 11) is 0. The lowest BCUT2D eigenvalue weighted by molar-refractivity contribution is 0.168. The Bertz CT molecular complexity index is 420. The van der Waals surface area contributed by atoms with Crippen LogP contribution in [-0.4, -0.2) is 9.55 Å². The van der Waals surface area contributed by atoms with Gasteiger partial charge in [0.15, 0.2) is 0 Å². The predicted octanol–water partition coefficient (Wildman–Crippen LogP) is 4.59. The van der Waals surface area contributed by atoms with Gasteiger partial charge in [0.2, 0.25) is 0 Å². The third kappa shape index (κ3) is 3.36. The van der Waals surface area contributed by atoms with Crippen LogP contribution in [0.15, 0.2) is 6.33 Å². The van der Waals surface area contributed by atoms with E-state index in [-0.39, 0.29) is 0 Å². The summed E-state index contributed by atoms with van der Waals surface area (Å²) in [5.74, 6) is 2.34. The van der Waals surface area contributed by atoms with E-state index in [0.717, 1.165) is 24.0 Å². The zero-order chi connectivity index (χ0) is 14.8. The molecule has 0 saturated heterocycles. The average Bonchev–Trinajstić information content (AvgIpc) is 2.77. The van der Waals surface area contributed by atoms with Crippen molar-refractivity contribution < 1.29 is 0 Å². The van der Waals surface area contributed by atoms with Gasteiger partial charge in [-0.25, -0.2) is 4.98 Å². The number of nitrogens with two attached hydrogens (primary N) is 1. The van der Waals surface area contributed by atoms with Gasteiger partial charge in [0.05, 0.1) is 12.0 Å². The number of imidazole rings is 1. The molecule has 1 aliphatic rings. The van der Waals surface area contributed by atoms with Crippen molar-refractivity contribution in [2.75, 3.05) is 5.73 Å². The van der Waals surface area contributed by atoms with E-state index >= 15 is 0 Å². The molecule has 0 bridgehead atoms. The fourth-order valence-corrected chi connectivity index (χ4v) is 3.46. The first kappa shape index (κ1) is 15.4. The Morgan fingerprint density at radius 3 is 2.45 bits per heavy atom. The van der Waals surface area contributed by atoms with E-state index in [9.17, 15) is 0 Å². The second-order valence-electron chi connectivity index (χ2n) is 7.48. The standard InChI is InChI=1S/C17H31N3/c1-5-6-11-20-12-19-15(16(20)18)13-7-9-14(10-8-13)17(2,3)4/h12-14H,5-11,18H2,1-4H3. The van der Waals surface area contributed by atoms with Crippen LogP contribution in [-0.2, 0) is 6.54 Å². The second-order valence-corrected chi connectivity index (χ2v) is 7.48. The van der Waals surface area contributed by atoms with Gasteiger partial charge in [-0.05, 0) is 43.4 Å². The van der Waals surface area contributed by atoms with E-state index in [1.807, 2.05) is 6.33 Å². The summed E-state index contributed by atoms with van der Waals surface area (Å²) in [5.41, 5.74) is 7.90. The summed E-state index contributed by atoms with van der Waals surface area (Å²) >= 11 is 0. The first-order chi connectivity index (χ1) is 9.43. The zero-order valence-corrected chi connectivity index (χ0v) is 13.7. The number of aromatic nitrogens is 2. The SMILES string of the molecule is CCCCn1cnc(C2CCC(C(C)(C)C)CC2)c1N. The molecule has 1 heterocycles. The molecule has 0 aromatic carbocycles. The molecule has 1 fully saturated rings. The summed E-state index contributed by atoms with van der Waals surface area (Å²) in [6, 6.07) is 0. The molecule has 2 N–H and O–H groups in total. The normalized spacial score (nSPS) is 24.0. The monoisotopic (exact) mass is 277 g/mol. The largest absolute Gasteiger partial charge is 0.384 e. The van der Waals surface area contributed by atoms with Crippen LogP contribution in [0.1, 0.15) is 77.8 Å². The Labute approximate surface area is 124 Å². The molecule has 1 aromatic rings. The molecule has 1 saturated carbocycles. The molecule has 0 atom stereocenters. The van der Waals surface area contributed by atoms with Crippen molar-refractivity contribution >= 4 is 5.82 Å². The van der Waals surface area contributed by atoms with Gasteiger partial charge in [0.25, 0.3) is 0 Å². The van der Waals surface area contributed by atoms with Crippen LogP contribution in [0, 0.1) is 11.3 Å². The molecule has 2 rings (SSSR count). The number of rotatable bonds is 4. The first-order valence-corrected chi connectivity index (χ1v) is 8.24. The number of aryl methyl sites for hydroxylation is 1. The summed E-state index contributed by atoms with van der Waals surface area (Å²) in [5, 5.41) is 0. The highest BCUT2D eigenvalue weighted by molar-refractivity contribution is 5.38. The van der Waals surface area contributed by atoms with Crippen LogP contribution in [0.4, 0.5) is 5.82 Å². The van der Waals surface area contributed by atoms with E-state index in [0.29, 0.717) is 11.3 Å². The van der Waals surface area contributed by atoms with E-state index in [2.05, 4.69) is 37.2 Å². The molecule has 0 unspecified atom stereocenters. The van der Waals surface area contributed by atoms with Gasteiger partial charge in [0.1, 0.15) is 5.82 Å². The van der Waals surface area contributed by atoms with Crippen molar-refractivity contribution in [3.05, 3.63) is 12.0 Å². The second kappa shape index (κ2) is 6.19. The minimum Gasteiger partial charge on any atom is -0.384 e. The van der Waals surface area contributed by atoms with Crippen LogP contribution in [0.25, 0.3) is 0 Å². The maximum Gasteiger partial charge on any atom is 0.126 e. The summed E-state index contributed by atoms with van der Waals surface area (Å²) in [6.45, 7) is 10.3. The van der Waals surface area contributed by atoms with E-state index in [1.165, 1.54) is 38.5 Å². The van der Waals surface area contributed by atoms with E-state index < -0.39 is 0 Å². The van der Waals surface area contributed by atoms with Gasteiger partial charge >= 0.3 is 0 Å². The fourth-order valence-electron chi connectivity index (χ4n) is 3.46. The summed E-state index contributed by atoms with van der Waals surface area (Å²) in [6.07, 6.45) is 9.44. The van der Waals surface area contributed by atoms with Crippen molar-refractivity contribution in [3.63, 3.8) is 0 Å². The van der Waals surface area contributed by atoms with Crippen molar-refractivity contribution in [1.29, 1.82) is 0 Å². The number of hydrogen-bond acceptors (Lipinski definition) is 2. The molecule has 3 nitrogen and oxygen atoms in total. The van der Waals surface area contributed by atoms with Gasteiger partial charge in [0, 0.05) is 12.5 Å². The van der Waals surface area contributed by atoms with Crippen LogP contribution in [0.5, 0.6) is 0 Å². The number of nitrogens with zero attached hydrogens (tertiary/aromatic N) is 2. The smallest absolute Gasteiger partial charge is 0.126 e. The quantitative estimate of drug-likeness (QED) is 0.875. The van der Waals surface area contributed by atoms with Crippen molar-refractivity contribution in [2.24, 2.45) is 11.3 Å². The van der Waals surface area contributed by atoms with E-state index in [1.54, 1.807) is 0 Å². The molecule has 0 radical (unpaired) electrons. The highest BCUT2D eigenvalue weighted by Crippen LogP contribution is 2.43. The van der Waals surface area contributed by atoms with Crippen LogP contribution in [0.3, 0.4) is 0 Å². The number of hydrogen-bond donors (Lipinski definition) is 1. The fraction of sp³-hybridized carbons (Fsp3) is 0.824. The zero-order valence-electron chi connectivity index (χ0n) is 13.7. The van der Waals surface area contributed by atoms with Crippen LogP contribution < -0.4 is 5.73 Å². The lowest BCUT2D eigenvalue weighted by Gasteiger charge is -2.36. The Hall–Kier alpha value is -0.990.